The Morgan fingerprint density at radius 2 is 2.35 bits per heavy atom. The standard InChI is InChI=1S/C12H19N3OS/c1-8(2)17-7-11-14-10(5-12(16)15-11)6-13-9-3-4-9/h5,8-9,13H,3-4,6-7H2,1-2H3,(H,14,15,16). The minimum atomic E-state index is -0.0491. The topological polar surface area (TPSA) is 57.8 Å². The molecule has 0 aromatic carbocycles. The fourth-order valence-electron chi connectivity index (χ4n) is 1.50. The van der Waals surface area contributed by atoms with Crippen molar-refractivity contribution in [3.8, 4) is 0 Å². The van der Waals surface area contributed by atoms with Crippen LogP contribution in [0.25, 0.3) is 0 Å². The van der Waals surface area contributed by atoms with Crippen molar-refractivity contribution in [2.45, 2.75) is 50.3 Å². The van der Waals surface area contributed by atoms with Crippen LogP contribution in [0.4, 0.5) is 0 Å². The number of nitrogens with zero attached hydrogens (tertiary/aromatic N) is 1. The van der Waals surface area contributed by atoms with Crippen LogP contribution in [0.3, 0.4) is 0 Å². The van der Waals surface area contributed by atoms with E-state index in [4.69, 9.17) is 0 Å². The van der Waals surface area contributed by atoms with Gasteiger partial charge in [-0.25, -0.2) is 4.98 Å². The summed E-state index contributed by atoms with van der Waals surface area (Å²) in [6.07, 6.45) is 2.50. The van der Waals surface area contributed by atoms with Crippen LogP contribution in [0, 0.1) is 0 Å². The van der Waals surface area contributed by atoms with Crippen LogP contribution in [0.2, 0.25) is 0 Å². The van der Waals surface area contributed by atoms with Gasteiger partial charge in [-0.05, 0) is 18.1 Å². The van der Waals surface area contributed by atoms with E-state index in [1.54, 1.807) is 17.8 Å². The third-order valence-corrected chi connectivity index (χ3v) is 3.65. The van der Waals surface area contributed by atoms with E-state index in [0.717, 1.165) is 17.3 Å². The molecule has 2 N–H and O–H groups in total. The summed E-state index contributed by atoms with van der Waals surface area (Å²) in [5.74, 6) is 1.55. The first-order chi connectivity index (χ1) is 8.13. The van der Waals surface area contributed by atoms with Crippen molar-refractivity contribution in [1.29, 1.82) is 0 Å². The quantitative estimate of drug-likeness (QED) is 0.809. The first-order valence-corrected chi connectivity index (χ1v) is 7.12. The summed E-state index contributed by atoms with van der Waals surface area (Å²) in [7, 11) is 0. The Labute approximate surface area is 106 Å². The Morgan fingerprint density at radius 1 is 1.59 bits per heavy atom. The second-order valence-electron chi connectivity index (χ2n) is 4.70. The largest absolute Gasteiger partial charge is 0.310 e. The number of aromatic amines is 1. The van der Waals surface area contributed by atoms with Gasteiger partial charge in [-0.1, -0.05) is 13.8 Å². The lowest BCUT2D eigenvalue weighted by Gasteiger charge is -2.06. The molecule has 0 unspecified atom stereocenters. The Hall–Kier alpha value is -0.810. The molecule has 0 radical (unpaired) electrons. The number of thioether (sulfide) groups is 1. The zero-order valence-electron chi connectivity index (χ0n) is 10.3. The second-order valence-corrected chi connectivity index (χ2v) is 6.26. The van der Waals surface area contributed by atoms with Crippen LogP contribution in [0.15, 0.2) is 10.9 Å². The zero-order valence-corrected chi connectivity index (χ0v) is 11.1. The molecule has 4 nitrogen and oxygen atoms in total. The number of hydrogen-bond acceptors (Lipinski definition) is 4. The van der Waals surface area contributed by atoms with E-state index in [1.807, 2.05) is 0 Å². The van der Waals surface area contributed by atoms with Gasteiger partial charge in [-0.3, -0.25) is 4.79 Å². The van der Waals surface area contributed by atoms with E-state index < -0.39 is 0 Å². The van der Waals surface area contributed by atoms with Crippen LogP contribution in [-0.4, -0.2) is 21.3 Å². The third kappa shape index (κ3) is 4.52. The highest BCUT2D eigenvalue weighted by atomic mass is 32.2. The van der Waals surface area contributed by atoms with E-state index in [-0.39, 0.29) is 5.56 Å². The summed E-state index contributed by atoms with van der Waals surface area (Å²) in [6, 6.07) is 2.23. The van der Waals surface area contributed by atoms with Crippen molar-refractivity contribution < 1.29 is 0 Å². The first-order valence-electron chi connectivity index (χ1n) is 6.07. The van der Waals surface area contributed by atoms with E-state index in [2.05, 4.69) is 29.1 Å². The van der Waals surface area contributed by atoms with Crippen LogP contribution < -0.4 is 10.9 Å². The molecule has 1 heterocycles. The van der Waals surface area contributed by atoms with Crippen LogP contribution in [-0.2, 0) is 12.3 Å². The van der Waals surface area contributed by atoms with Crippen LogP contribution in [0.5, 0.6) is 0 Å². The summed E-state index contributed by atoms with van der Waals surface area (Å²) in [5, 5.41) is 3.92. The van der Waals surface area contributed by atoms with Crippen LogP contribution in [0.1, 0.15) is 38.2 Å². The van der Waals surface area contributed by atoms with E-state index >= 15 is 0 Å². The summed E-state index contributed by atoms with van der Waals surface area (Å²) in [4.78, 5) is 18.7. The average Bonchev–Trinajstić information content (AvgIpc) is 3.07. The van der Waals surface area contributed by atoms with Gasteiger partial charge in [0, 0.05) is 18.7 Å². The Kier molecular flexibility index (Phi) is 4.23. The SMILES string of the molecule is CC(C)SCc1nc(CNC2CC2)cc(=O)[nH]1. The smallest absolute Gasteiger partial charge is 0.251 e. The minimum absolute atomic E-state index is 0.0491. The second kappa shape index (κ2) is 5.69. The molecule has 0 amide bonds. The highest BCUT2D eigenvalue weighted by Gasteiger charge is 2.20. The first kappa shape index (κ1) is 12.6. The maximum Gasteiger partial charge on any atom is 0.251 e. The molecule has 0 aliphatic heterocycles. The molecule has 0 bridgehead atoms. The molecule has 5 heteroatoms. The summed E-state index contributed by atoms with van der Waals surface area (Å²) in [6.45, 7) is 4.98. The normalized spacial score (nSPS) is 15.5. The fraction of sp³-hybridized carbons (Fsp3) is 0.667. The Bertz CT molecular complexity index is 399. The van der Waals surface area contributed by atoms with Gasteiger partial charge in [0.15, 0.2) is 0 Å². The summed E-state index contributed by atoms with van der Waals surface area (Å²) in [5.41, 5.74) is 0.798. The Morgan fingerprint density at radius 3 is 3.00 bits per heavy atom. The third-order valence-electron chi connectivity index (χ3n) is 2.55. The molecular formula is C12H19N3OS. The molecule has 1 aliphatic carbocycles. The van der Waals surface area contributed by atoms with Gasteiger partial charge in [-0.15, -0.1) is 0 Å². The molecule has 1 aromatic heterocycles. The number of H-pyrrole nitrogens is 1. The average molecular weight is 253 g/mol. The number of rotatable bonds is 6. The van der Waals surface area contributed by atoms with Crippen molar-refractivity contribution in [3.05, 3.63) is 27.9 Å². The summed E-state index contributed by atoms with van der Waals surface area (Å²) >= 11 is 1.79. The van der Waals surface area contributed by atoms with Gasteiger partial charge in [0.25, 0.3) is 5.56 Å². The van der Waals surface area contributed by atoms with Gasteiger partial charge in [-0.2, -0.15) is 11.8 Å². The monoisotopic (exact) mass is 253 g/mol. The van der Waals surface area contributed by atoms with Crippen LogP contribution >= 0.6 is 11.8 Å². The molecule has 1 saturated carbocycles. The molecule has 0 saturated heterocycles. The molecule has 1 aliphatic rings. The van der Waals surface area contributed by atoms with Crippen molar-refractivity contribution in [2.24, 2.45) is 0 Å². The van der Waals surface area contributed by atoms with Gasteiger partial charge in [0.2, 0.25) is 0 Å². The van der Waals surface area contributed by atoms with Gasteiger partial charge in [0.1, 0.15) is 5.82 Å². The van der Waals surface area contributed by atoms with Crippen molar-refractivity contribution in [1.82, 2.24) is 15.3 Å². The lowest BCUT2D eigenvalue weighted by Crippen LogP contribution is -2.20. The number of aromatic nitrogens is 2. The predicted octanol–water partition coefficient (Wildman–Crippen LogP) is 1.66. The highest BCUT2D eigenvalue weighted by molar-refractivity contribution is 7.99. The molecule has 0 atom stereocenters. The predicted molar refractivity (Wildman–Crippen MR) is 71.2 cm³/mol. The lowest BCUT2D eigenvalue weighted by atomic mass is 10.4. The number of hydrogen-bond donors (Lipinski definition) is 2. The fourth-order valence-corrected chi connectivity index (χ4v) is 2.13. The molecule has 2 rings (SSSR count). The minimum Gasteiger partial charge on any atom is -0.310 e. The van der Waals surface area contributed by atoms with E-state index in [9.17, 15) is 4.79 Å². The highest BCUT2D eigenvalue weighted by Crippen LogP contribution is 2.19. The lowest BCUT2D eigenvalue weighted by molar-refractivity contribution is 0.668. The van der Waals surface area contributed by atoms with Crippen molar-refractivity contribution >= 4 is 11.8 Å². The van der Waals surface area contributed by atoms with E-state index in [0.29, 0.717) is 17.8 Å². The number of nitrogens with one attached hydrogen (secondary N) is 2. The van der Waals surface area contributed by atoms with Crippen molar-refractivity contribution in [2.75, 3.05) is 0 Å². The Balaban J connectivity index is 1.97. The molecule has 94 valence electrons. The molecule has 0 spiro atoms. The maximum absolute atomic E-state index is 11.5. The van der Waals surface area contributed by atoms with Crippen molar-refractivity contribution in [3.63, 3.8) is 0 Å². The summed E-state index contributed by atoms with van der Waals surface area (Å²) < 4.78 is 0. The van der Waals surface area contributed by atoms with E-state index in [1.165, 1.54) is 12.8 Å². The van der Waals surface area contributed by atoms with Gasteiger partial charge >= 0.3 is 0 Å². The zero-order chi connectivity index (χ0) is 12.3. The molecule has 1 fully saturated rings. The van der Waals surface area contributed by atoms with Gasteiger partial charge < -0.3 is 10.3 Å². The maximum atomic E-state index is 11.5. The molecule has 17 heavy (non-hydrogen) atoms. The van der Waals surface area contributed by atoms with Gasteiger partial charge in [0.05, 0.1) is 11.4 Å². The molecule has 1 aromatic rings. The molecular weight excluding hydrogens is 234 g/mol.